The molecular weight excluding hydrogens is 236 g/mol. The molecule has 94 valence electrons. The number of β-amino-alcohol motifs (C(OH)–C–C–N with tert-alkyl or cyclic N) is 1. The average molecular weight is 254 g/mol. The quantitative estimate of drug-likeness (QED) is 0.800. The van der Waals surface area contributed by atoms with Crippen LogP contribution >= 0.6 is 11.3 Å². The lowest BCUT2D eigenvalue weighted by Gasteiger charge is -2.36. The molecule has 2 rings (SSSR count). The Hall–Kier alpha value is -1.07. The molecule has 5 heteroatoms. The Morgan fingerprint density at radius 1 is 1.65 bits per heavy atom. The number of piperidine rings is 1. The second-order valence-electron chi connectivity index (χ2n) is 4.95. The zero-order valence-electron chi connectivity index (χ0n) is 10.2. The van der Waals surface area contributed by atoms with Gasteiger partial charge in [-0.1, -0.05) is 0 Å². The van der Waals surface area contributed by atoms with Crippen LogP contribution in [0.3, 0.4) is 0 Å². The highest BCUT2D eigenvalue weighted by atomic mass is 32.1. The van der Waals surface area contributed by atoms with Crippen molar-refractivity contribution in [1.29, 1.82) is 0 Å². The van der Waals surface area contributed by atoms with Gasteiger partial charge in [0.15, 0.2) is 0 Å². The standard InChI is InChI=1S/C12H18N2O2S/c1-8-9(13)6-10(17-8)11(15)14-5-3-4-12(2,16)7-14/h6,16H,3-5,7,13H2,1-2H3. The molecule has 1 aliphatic heterocycles. The maximum Gasteiger partial charge on any atom is 0.264 e. The second kappa shape index (κ2) is 4.31. The Balaban J connectivity index is 2.15. The minimum atomic E-state index is -0.758. The third-order valence-electron chi connectivity index (χ3n) is 3.13. The van der Waals surface area contributed by atoms with Gasteiger partial charge in [0.05, 0.1) is 10.5 Å². The first kappa shape index (κ1) is 12.4. The predicted molar refractivity (Wildman–Crippen MR) is 69.2 cm³/mol. The molecule has 0 bridgehead atoms. The predicted octanol–water partition coefficient (Wildman–Crippen LogP) is 1.63. The smallest absolute Gasteiger partial charge is 0.264 e. The van der Waals surface area contributed by atoms with Gasteiger partial charge >= 0.3 is 0 Å². The number of hydrogen-bond acceptors (Lipinski definition) is 4. The molecule has 1 saturated heterocycles. The molecule has 1 aromatic heterocycles. The zero-order chi connectivity index (χ0) is 12.6. The number of amides is 1. The van der Waals surface area contributed by atoms with Crippen molar-refractivity contribution in [2.75, 3.05) is 18.8 Å². The number of aliphatic hydroxyl groups is 1. The molecule has 1 unspecified atom stereocenters. The number of thiophene rings is 1. The molecule has 1 fully saturated rings. The molecule has 1 aliphatic rings. The Bertz CT molecular complexity index is 420. The van der Waals surface area contributed by atoms with E-state index in [1.165, 1.54) is 11.3 Å². The molecular formula is C12H18N2O2S. The summed E-state index contributed by atoms with van der Waals surface area (Å²) in [5, 5.41) is 9.99. The number of carbonyl (C=O) groups is 1. The van der Waals surface area contributed by atoms with Gasteiger partial charge in [0, 0.05) is 23.7 Å². The van der Waals surface area contributed by atoms with Gasteiger partial charge in [-0.3, -0.25) is 4.79 Å². The van der Waals surface area contributed by atoms with E-state index in [2.05, 4.69) is 0 Å². The topological polar surface area (TPSA) is 66.6 Å². The van der Waals surface area contributed by atoms with Gasteiger partial charge in [-0.05, 0) is 32.8 Å². The number of nitrogen functional groups attached to an aromatic ring is 1. The molecule has 1 aromatic rings. The third-order valence-corrected chi connectivity index (χ3v) is 4.18. The highest BCUT2D eigenvalue weighted by molar-refractivity contribution is 7.14. The summed E-state index contributed by atoms with van der Waals surface area (Å²) >= 11 is 1.42. The Morgan fingerprint density at radius 3 is 2.88 bits per heavy atom. The summed E-state index contributed by atoms with van der Waals surface area (Å²) < 4.78 is 0. The molecule has 3 N–H and O–H groups in total. The molecule has 4 nitrogen and oxygen atoms in total. The number of carbonyl (C=O) groups excluding carboxylic acids is 1. The summed E-state index contributed by atoms with van der Waals surface area (Å²) in [4.78, 5) is 15.6. The first-order chi connectivity index (χ1) is 7.89. The largest absolute Gasteiger partial charge is 0.398 e. The first-order valence-corrected chi connectivity index (χ1v) is 6.58. The van der Waals surface area contributed by atoms with E-state index in [9.17, 15) is 9.90 Å². The van der Waals surface area contributed by atoms with Crippen LogP contribution in [0.25, 0.3) is 0 Å². The normalized spacial score (nSPS) is 25.0. The number of rotatable bonds is 1. The Morgan fingerprint density at radius 2 is 2.35 bits per heavy atom. The van der Waals surface area contributed by atoms with Crippen molar-refractivity contribution in [3.63, 3.8) is 0 Å². The van der Waals surface area contributed by atoms with E-state index < -0.39 is 5.60 Å². The van der Waals surface area contributed by atoms with Crippen LogP contribution in [0, 0.1) is 6.92 Å². The summed E-state index contributed by atoms with van der Waals surface area (Å²) in [6, 6.07) is 1.73. The summed E-state index contributed by atoms with van der Waals surface area (Å²) in [7, 11) is 0. The monoisotopic (exact) mass is 254 g/mol. The minimum Gasteiger partial charge on any atom is -0.398 e. The number of likely N-dealkylation sites (tertiary alicyclic amines) is 1. The zero-order valence-corrected chi connectivity index (χ0v) is 11.0. The molecule has 0 saturated carbocycles. The molecule has 1 amide bonds. The van der Waals surface area contributed by atoms with Gasteiger partial charge in [0.25, 0.3) is 5.91 Å². The van der Waals surface area contributed by atoms with Gasteiger partial charge in [-0.25, -0.2) is 0 Å². The highest BCUT2D eigenvalue weighted by Gasteiger charge is 2.31. The van der Waals surface area contributed by atoms with Crippen molar-refractivity contribution < 1.29 is 9.90 Å². The van der Waals surface area contributed by atoms with Gasteiger partial charge in [-0.2, -0.15) is 0 Å². The number of nitrogens with two attached hydrogens (primary N) is 1. The first-order valence-electron chi connectivity index (χ1n) is 5.77. The SMILES string of the molecule is Cc1sc(C(=O)N2CCCC(C)(O)C2)cc1N. The van der Waals surface area contributed by atoms with Crippen LogP contribution in [-0.4, -0.2) is 34.6 Å². The fourth-order valence-corrected chi connectivity index (χ4v) is 3.06. The second-order valence-corrected chi connectivity index (χ2v) is 6.21. The maximum atomic E-state index is 12.2. The third kappa shape index (κ3) is 2.61. The summed E-state index contributed by atoms with van der Waals surface area (Å²) in [6.07, 6.45) is 1.60. The van der Waals surface area contributed by atoms with E-state index in [0.29, 0.717) is 23.7 Å². The van der Waals surface area contributed by atoms with Gasteiger partial charge in [0.2, 0.25) is 0 Å². The van der Waals surface area contributed by atoms with Crippen molar-refractivity contribution in [2.45, 2.75) is 32.3 Å². The molecule has 0 aliphatic carbocycles. The molecule has 0 spiro atoms. The lowest BCUT2D eigenvalue weighted by molar-refractivity contribution is -0.0105. The van der Waals surface area contributed by atoms with Crippen molar-refractivity contribution in [3.05, 3.63) is 15.8 Å². The van der Waals surface area contributed by atoms with Crippen molar-refractivity contribution in [3.8, 4) is 0 Å². The number of anilines is 1. The van der Waals surface area contributed by atoms with E-state index in [-0.39, 0.29) is 5.91 Å². The van der Waals surface area contributed by atoms with E-state index in [0.717, 1.165) is 17.7 Å². The fraction of sp³-hybridized carbons (Fsp3) is 0.583. The minimum absolute atomic E-state index is 0.0187. The van der Waals surface area contributed by atoms with Crippen molar-refractivity contribution in [2.24, 2.45) is 0 Å². The lowest BCUT2D eigenvalue weighted by Crippen LogP contribution is -2.48. The van der Waals surface area contributed by atoms with Crippen LogP contribution in [0.4, 0.5) is 5.69 Å². The van der Waals surface area contributed by atoms with Crippen LogP contribution in [0.5, 0.6) is 0 Å². The van der Waals surface area contributed by atoms with Gasteiger partial charge < -0.3 is 15.7 Å². The van der Waals surface area contributed by atoms with Gasteiger partial charge in [0.1, 0.15) is 0 Å². The maximum absolute atomic E-state index is 12.2. The van der Waals surface area contributed by atoms with E-state index in [1.54, 1.807) is 17.9 Å². The summed E-state index contributed by atoms with van der Waals surface area (Å²) in [6.45, 7) is 4.80. The Kier molecular flexibility index (Phi) is 3.14. The van der Waals surface area contributed by atoms with Crippen LogP contribution in [0.2, 0.25) is 0 Å². The summed E-state index contributed by atoms with van der Waals surface area (Å²) in [5.74, 6) is -0.0187. The lowest BCUT2D eigenvalue weighted by atomic mass is 9.95. The van der Waals surface area contributed by atoms with Crippen LogP contribution in [-0.2, 0) is 0 Å². The molecule has 1 atom stereocenters. The van der Waals surface area contributed by atoms with Crippen molar-refractivity contribution in [1.82, 2.24) is 4.90 Å². The number of nitrogens with zero attached hydrogens (tertiary/aromatic N) is 1. The number of hydrogen-bond donors (Lipinski definition) is 2. The molecule has 2 heterocycles. The van der Waals surface area contributed by atoms with Gasteiger partial charge in [-0.15, -0.1) is 11.3 Å². The number of aryl methyl sites for hydroxylation is 1. The van der Waals surface area contributed by atoms with E-state index in [4.69, 9.17) is 5.73 Å². The fourth-order valence-electron chi connectivity index (χ4n) is 2.15. The van der Waals surface area contributed by atoms with Crippen LogP contribution < -0.4 is 5.73 Å². The highest BCUT2D eigenvalue weighted by Crippen LogP contribution is 2.27. The van der Waals surface area contributed by atoms with Crippen molar-refractivity contribution >= 4 is 22.9 Å². The van der Waals surface area contributed by atoms with Crippen LogP contribution in [0.1, 0.15) is 34.3 Å². The Labute approximate surface area is 105 Å². The summed E-state index contributed by atoms with van der Waals surface area (Å²) in [5.41, 5.74) is 5.66. The van der Waals surface area contributed by atoms with E-state index >= 15 is 0 Å². The van der Waals surface area contributed by atoms with E-state index in [1.807, 2.05) is 6.92 Å². The molecule has 0 aromatic carbocycles. The molecule has 17 heavy (non-hydrogen) atoms. The molecule has 0 radical (unpaired) electrons. The average Bonchev–Trinajstić information content (AvgIpc) is 2.57. The van der Waals surface area contributed by atoms with Crippen LogP contribution in [0.15, 0.2) is 6.07 Å².